The van der Waals surface area contributed by atoms with Crippen LogP contribution in [0.15, 0.2) is 24.3 Å². The summed E-state index contributed by atoms with van der Waals surface area (Å²) in [6.45, 7) is 0.617. The molecule has 1 aliphatic rings. The molecule has 0 bridgehead atoms. The Morgan fingerprint density at radius 3 is 2.25 bits per heavy atom. The van der Waals surface area contributed by atoms with E-state index in [0.29, 0.717) is 12.5 Å². The molecule has 1 fully saturated rings. The van der Waals surface area contributed by atoms with Gasteiger partial charge in [-0.15, -0.1) is 0 Å². The van der Waals surface area contributed by atoms with Crippen LogP contribution in [0.1, 0.15) is 36.8 Å². The SMILES string of the molecule is CN(CC1CCCC1)S(=O)(=O)Cc1ccc(CO)cc1. The quantitative estimate of drug-likeness (QED) is 0.875. The first-order chi connectivity index (χ1) is 9.51. The fourth-order valence-corrected chi connectivity index (χ4v) is 4.00. The van der Waals surface area contributed by atoms with E-state index in [9.17, 15) is 8.42 Å². The minimum absolute atomic E-state index is 0.0192. The zero-order valence-corrected chi connectivity index (χ0v) is 12.8. The Labute approximate surface area is 121 Å². The van der Waals surface area contributed by atoms with Gasteiger partial charge in [0.05, 0.1) is 12.4 Å². The molecule has 0 atom stereocenters. The van der Waals surface area contributed by atoms with Crippen molar-refractivity contribution in [2.24, 2.45) is 5.92 Å². The summed E-state index contributed by atoms with van der Waals surface area (Å²) in [7, 11) is -1.57. The van der Waals surface area contributed by atoms with Gasteiger partial charge in [-0.25, -0.2) is 12.7 Å². The van der Waals surface area contributed by atoms with E-state index in [1.807, 2.05) is 0 Å². The maximum atomic E-state index is 12.3. The molecule has 0 aromatic heterocycles. The number of hydrogen-bond acceptors (Lipinski definition) is 3. The summed E-state index contributed by atoms with van der Waals surface area (Å²) in [5, 5.41) is 8.98. The Bertz CT molecular complexity index is 519. The standard InChI is InChI=1S/C15H23NO3S/c1-16(10-13-4-2-3-5-13)20(18,19)12-15-8-6-14(11-17)7-9-15/h6-9,13,17H,2-5,10-12H2,1H3. The first kappa shape index (κ1) is 15.5. The van der Waals surface area contributed by atoms with E-state index in [-0.39, 0.29) is 12.4 Å². The zero-order chi connectivity index (χ0) is 14.6. The average Bonchev–Trinajstić information content (AvgIpc) is 2.92. The lowest BCUT2D eigenvalue weighted by Crippen LogP contribution is -2.32. The fourth-order valence-electron chi connectivity index (χ4n) is 2.73. The smallest absolute Gasteiger partial charge is 0.218 e. The van der Waals surface area contributed by atoms with Crippen LogP contribution in [0.25, 0.3) is 0 Å². The predicted octanol–water partition coefficient (Wildman–Crippen LogP) is 2.13. The van der Waals surface area contributed by atoms with E-state index in [0.717, 1.165) is 24.0 Å². The van der Waals surface area contributed by atoms with Crippen molar-refractivity contribution in [3.05, 3.63) is 35.4 Å². The summed E-state index contributed by atoms with van der Waals surface area (Å²) >= 11 is 0. The fraction of sp³-hybridized carbons (Fsp3) is 0.600. The van der Waals surface area contributed by atoms with Crippen molar-refractivity contribution in [3.8, 4) is 0 Å². The molecule has 2 rings (SSSR count). The van der Waals surface area contributed by atoms with E-state index in [4.69, 9.17) is 5.11 Å². The lowest BCUT2D eigenvalue weighted by Gasteiger charge is -2.20. The highest BCUT2D eigenvalue weighted by atomic mass is 32.2. The Hall–Kier alpha value is -0.910. The Kier molecular flexibility index (Phi) is 5.18. The molecule has 0 heterocycles. The van der Waals surface area contributed by atoms with Crippen LogP contribution in [0, 0.1) is 5.92 Å². The van der Waals surface area contributed by atoms with Crippen molar-refractivity contribution in [3.63, 3.8) is 0 Å². The van der Waals surface area contributed by atoms with E-state index in [1.54, 1.807) is 31.3 Å². The molecule has 1 aliphatic carbocycles. The highest BCUT2D eigenvalue weighted by Crippen LogP contribution is 2.26. The summed E-state index contributed by atoms with van der Waals surface area (Å²) in [5.41, 5.74) is 1.56. The van der Waals surface area contributed by atoms with Gasteiger partial charge in [-0.2, -0.15) is 0 Å². The van der Waals surface area contributed by atoms with Gasteiger partial charge in [0.2, 0.25) is 10.0 Å². The largest absolute Gasteiger partial charge is 0.392 e. The molecule has 0 spiro atoms. The zero-order valence-electron chi connectivity index (χ0n) is 12.0. The molecule has 112 valence electrons. The van der Waals surface area contributed by atoms with Crippen molar-refractivity contribution in [1.82, 2.24) is 4.31 Å². The second-order valence-corrected chi connectivity index (χ2v) is 7.74. The van der Waals surface area contributed by atoms with Gasteiger partial charge >= 0.3 is 0 Å². The Morgan fingerprint density at radius 1 is 1.15 bits per heavy atom. The highest BCUT2D eigenvalue weighted by Gasteiger charge is 2.24. The minimum Gasteiger partial charge on any atom is -0.392 e. The molecule has 20 heavy (non-hydrogen) atoms. The van der Waals surface area contributed by atoms with Crippen LogP contribution in [0.5, 0.6) is 0 Å². The van der Waals surface area contributed by atoms with Gasteiger partial charge in [-0.05, 0) is 29.9 Å². The molecule has 0 amide bonds. The van der Waals surface area contributed by atoms with Crippen LogP contribution in [-0.4, -0.2) is 31.4 Å². The highest BCUT2D eigenvalue weighted by molar-refractivity contribution is 7.88. The normalized spacial score (nSPS) is 16.9. The number of aliphatic hydroxyl groups is 1. The number of sulfonamides is 1. The molecule has 5 heteroatoms. The van der Waals surface area contributed by atoms with Gasteiger partial charge in [0.25, 0.3) is 0 Å². The van der Waals surface area contributed by atoms with E-state index in [1.165, 1.54) is 17.1 Å². The minimum atomic E-state index is -3.25. The van der Waals surface area contributed by atoms with Crippen molar-refractivity contribution < 1.29 is 13.5 Å². The first-order valence-electron chi connectivity index (χ1n) is 7.14. The molecule has 0 saturated heterocycles. The molecule has 1 aromatic rings. The van der Waals surface area contributed by atoms with E-state index < -0.39 is 10.0 Å². The van der Waals surface area contributed by atoms with E-state index >= 15 is 0 Å². The van der Waals surface area contributed by atoms with Crippen LogP contribution in [0.3, 0.4) is 0 Å². The van der Waals surface area contributed by atoms with Crippen molar-refractivity contribution in [1.29, 1.82) is 0 Å². The van der Waals surface area contributed by atoms with Gasteiger partial charge in [-0.3, -0.25) is 0 Å². The molecule has 1 aromatic carbocycles. The summed E-state index contributed by atoms with van der Waals surface area (Å²) < 4.78 is 26.1. The maximum Gasteiger partial charge on any atom is 0.218 e. The van der Waals surface area contributed by atoms with Crippen LogP contribution >= 0.6 is 0 Å². The van der Waals surface area contributed by atoms with E-state index in [2.05, 4.69) is 0 Å². The van der Waals surface area contributed by atoms with Crippen LogP contribution < -0.4 is 0 Å². The molecular formula is C15H23NO3S. The monoisotopic (exact) mass is 297 g/mol. The third-order valence-corrected chi connectivity index (χ3v) is 5.82. The predicted molar refractivity (Wildman–Crippen MR) is 79.6 cm³/mol. The van der Waals surface area contributed by atoms with Crippen molar-refractivity contribution >= 4 is 10.0 Å². The number of benzene rings is 1. The summed E-state index contributed by atoms with van der Waals surface area (Å²) in [4.78, 5) is 0. The molecule has 0 aliphatic heterocycles. The van der Waals surface area contributed by atoms with Crippen LogP contribution in [-0.2, 0) is 22.4 Å². The van der Waals surface area contributed by atoms with Gasteiger partial charge in [-0.1, -0.05) is 37.1 Å². The second-order valence-electron chi connectivity index (χ2n) is 5.66. The Balaban J connectivity index is 1.97. The third kappa shape index (κ3) is 4.04. The van der Waals surface area contributed by atoms with Gasteiger partial charge in [0.15, 0.2) is 0 Å². The van der Waals surface area contributed by atoms with Crippen molar-refractivity contribution in [2.75, 3.05) is 13.6 Å². The summed E-state index contributed by atoms with van der Waals surface area (Å²) in [6, 6.07) is 7.07. The lowest BCUT2D eigenvalue weighted by molar-refractivity contribution is 0.282. The van der Waals surface area contributed by atoms with Gasteiger partial charge < -0.3 is 5.11 Å². The van der Waals surface area contributed by atoms with Gasteiger partial charge in [0.1, 0.15) is 0 Å². The van der Waals surface area contributed by atoms with Crippen LogP contribution in [0.4, 0.5) is 0 Å². The molecule has 0 unspecified atom stereocenters. The number of hydrogen-bond donors (Lipinski definition) is 1. The molecule has 0 radical (unpaired) electrons. The third-order valence-electron chi connectivity index (χ3n) is 4.02. The number of nitrogens with zero attached hydrogens (tertiary/aromatic N) is 1. The molecule has 1 saturated carbocycles. The molecule has 4 nitrogen and oxygen atoms in total. The van der Waals surface area contributed by atoms with Crippen LogP contribution in [0.2, 0.25) is 0 Å². The Morgan fingerprint density at radius 2 is 1.70 bits per heavy atom. The first-order valence-corrected chi connectivity index (χ1v) is 8.75. The lowest BCUT2D eigenvalue weighted by atomic mass is 10.1. The second kappa shape index (κ2) is 6.70. The summed E-state index contributed by atoms with van der Waals surface area (Å²) in [6.07, 6.45) is 4.73. The number of aliphatic hydroxyl groups excluding tert-OH is 1. The maximum absolute atomic E-state index is 12.3. The number of rotatable bonds is 6. The topological polar surface area (TPSA) is 57.6 Å². The molecular weight excluding hydrogens is 274 g/mol. The molecule has 1 N–H and O–H groups in total. The van der Waals surface area contributed by atoms with Gasteiger partial charge in [0, 0.05) is 13.6 Å². The van der Waals surface area contributed by atoms with Crippen molar-refractivity contribution in [2.45, 2.75) is 38.0 Å². The summed E-state index contributed by atoms with van der Waals surface area (Å²) in [5.74, 6) is 0.550. The average molecular weight is 297 g/mol.